The van der Waals surface area contributed by atoms with Crippen molar-refractivity contribution in [2.24, 2.45) is 0 Å². The first kappa shape index (κ1) is 13.4. The number of aromatic hydroxyl groups is 2. The van der Waals surface area contributed by atoms with Gasteiger partial charge >= 0.3 is 0 Å². The van der Waals surface area contributed by atoms with Crippen molar-refractivity contribution in [1.82, 2.24) is 20.2 Å². The maximum Gasteiger partial charge on any atom is 0.218 e. The van der Waals surface area contributed by atoms with Gasteiger partial charge in [-0.25, -0.2) is 0 Å². The lowest BCUT2D eigenvalue weighted by molar-refractivity contribution is 0.400. The molecule has 0 saturated carbocycles. The van der Waals surface area contributed by atoms with Crippen molar-refractivity contribution in [2.75, 3.05) is 0 Å². The molecule has 3 rings (SSSR count). The summed E-state index contributed by atoms with van der Waals surface area (Å²) in [6, 6.07) is 12.8. The van der Waals surface area contributed by atoms with Gasteiger partial charge in [-0.15, -0.1) is 5.10 Å². The first-order chi connectivity index (χ1) is 10.1. The highest BCUT2D eigenvalue weighted by Crippen LogP contribution is 2.36. The standard InChI is InChI=1S/C14H12N4O2S/c1-9-7-11(8-12(19)13(9)20)21-14-15-16-17-18(14)10-5-3-2-4-6-10/h2-8,19-20H,1H3. The Bertz CT molecular complexity index is 751. The van der Waals surface area contributed by atoms with Crippen LogP contribution in [0.5, 0.6) is 11.5 Å². The zero-order valence-corrected chi connectivity index (χ0v) is 11.9. The third kappa shape index (κ3) is 2.68. The fraction of sp³-hybridized carbons (Fsp3) is 0.0714. The Labute approximate surface area is 125 Å². The molecule has 106 valence electrons. The Morgan fingerprint density at radius 3 is 2.57 bits per heavy atom. The Balaban J connectivity index is 1.95. The van der Waals surface area contributed by atoms with E-state index in [0.717, 1.165) is 10.6 Å². The van der Waals surface area contributed by atoms with Gasteiger partial charge in [0.15, 0.2) is 11.5 Å². The third-order valence-corrected chi connectivity index (χ3v) is 3.81. The van der Waals surface area contributed by atoms with Crippen molar-refractivity contribution in [1.29, 1.82) is 0 Å². The lowest BCUT2D eigenvalue weighted by Crippen LogP contribution is -1.98. The lowest BCUT2D eigenvalue weighted by Gasteiger charge is -2.07. The molecule has 0 bridgehead atoms. The van der Waals surface area contributed by atoms with E-state index in [1.807, 2.05) is 30.3 Å². The van der Waals surface area contributed by atoms with Gasteiger partial charge in [0.25, 0.3) is 0 Å². The molecule has 0 spiro atoms. The molecule has 0 saturated heterocycles. The average Bonchev–Trinajstić information content (AvgIpc) is 2.94. The van der Waals surface area contributed by atoms with Crippen LogP contribution < -0.4 is 0 Å². The molecule has 3 aromatic rings. The summed E-state index contributed by atoms with van der Waals surface area (Å²) in [5, 5.41) is 31.5. The van der Waals surface area contributed by atoms with Crippen LogP contribution in [0.2, 0.25) is 0 Å². The Morgan fingerprint density at radius 1 is 1.10 bits per heavy atom. The summed E-state index contributed by atoms with van der Waals surface area (Å²) in [6.07, 6.45) is 0. The minimum absolute atomic E-state index is 0.109. The quantitative estimate of drug-likeness (QED) is 0.723. The van der Waals surface area contributed by atoms with Crippen LogP contribution in [-0.2, 0) is 0 Å². The van der Waals surface area contributed by atoms with E-state index in [-0.39, 0.29) is 11.5 Å². The molecule has 0 fully saturated rings. The van der Waals surface area contributed by atoms with Crippen LogP contribution in [-0.4, -0.2) is 30.4 Å². The number of para-hydroxylation sites is 1. The molecule has 0 aliphatic carbocycles. The van der Waals surface area contributed by atoms with Gasteiger partial charge in [-0.05, 0) is 58.9 Å². The fourth-order valence-corrected chi connectivity index (χ4v) is 2.79. The van der Waals surface area contributed by atoms with Gasteiger partial charge in [-0.3, -0.25) is 0 Å². The first-order valence-corrected chi connectivity index (χ1v) is 7.01. The van der Waals surface area contributed by atoms with E-state index in [9.17, 15) is 10.2 Å². The number of hydrogen-bond donors (Lipinski definition) is 2. The predicted molar refractivity (Wildman–Crippen MR) is 77.8 cm³/mol. The molecule has 1 aromatic heterocycles. The van der Waals surface area contributed by atoms with Gasteiger partial charge < -0.3 is 10.2 Å². The van der Waals surface area contributed by atoms with E-state index in [1.54, 1.807) is 17.7 Å². The summed E-state index contributed by atoms with van der Waals surface area (Å²) in [5.74, 6) is -0.266. The van der Waals surface area contributed by atoms with Gasteiger partial charge in [0.1, 0.15) is 0 Å². The summed E-state index contributed by atoms with van der Waals surface area (Å²) in [7, 11) is 0. The SMILES string of the molecule is Cc1cc(Sc2nnnn2-c2ccccc2)cc(O)c1O. The molecule has 7 heteroatoms. The van der Waals surface area contributed by atoms with Crippen molar-refractivity contribution in [3.63, 3.8) is 0 Å². The molecular formula is C14H12N4O2S. The normalized spacial score (nSPS) is 10.7. The van der Waals surface area contributed by atoms with Crippen LogP contribution in [0.25, 0.3) is 5.69 Å². The summed E-state index contributed by atoms with van der Waals surface area (Å²) in [6.45, 7) is 1.72. The number of rotatable bonds is 3. The smallest absolute Gasteiger partial charge is 0.218 e. The van der Waals surface area contributed by atoms with Crippen LogP contribution in [0.4, 0.5) is 0 Å². The predicted octanol–water partition coefficient (Wildman–Crippen LogP) is 2.53. The van der Waals surface area contributed by atoms with E-state index < -0.39 is 0 Å². The molecule has 0 aliphatic heterocycles. The molecule has 6 nitrogen and oxygen atoms in total. The van der Waals surface area contributed by atoms with E-state index in [2.05, 4.69) is 15.5 Å². The zero-order chi connectivity index (χ0) is 14.8. The highest BCUT2D eigenvalue weighted by Gasteiger charge is 2.12. The van der Waals surface area contributed by atoms with Gasteiger partial charge in [-0.1, -0.05) is 18.2 Å². The minimum Gasteiger partial charge on any atom is -0.504 e. The molecule has 0 radical (unpaired) electrons. The van der Waals surface area contributed by atoms with Crippen molar-refractivity contribution < 1.29 is 10.2 Å². The van der Waals surface area contributed by atoms with Gasteiger partial charge in [0.2, 0.25) is 5.16 Å². The monoisotopic (exact) mass is 300 g/mol. The lowest BCUT2D eigenvalue weighted by atomic mass is 10.2. The first-order valence-electron chi connectivity index (χ1n) is 6.19. The number of nitrogens with zero attached hydrogens (tertiary/aromatic N) is 4. The number of aryl methyl sites for hydroxylation is 1. The summed E-state index contributed by atoms with van der Waals surface area (Å²) in [5.41, 5.74) is 1.45. The second kappa shape index (κ2) is 5.45. The van der Waals surface area contributed by atoms with Gasteiger partial charge in [0, 0.05) is 4.90 Å². The van der Waals surface area contributed by atoms with Crippen molar-refractivity contribution in [3.8, 4) is 17.2 Å². The highest BCUT2D eigenvalue weighted by atomic mass is 32.2. The molecule has 0 unspecified atom stereocenters. The molecule has 2 N–H and O–H groups in total. The minimum atomic E-state index is -0.156. The number of benzene rings is 2. The molecule has 0 amide bonds. The van der Waals surface area contributed by atoms with Crippen LogP contribution in [0.15, 0.2) is 52.5 Å². The largest absolute Gasteiger partial charge is 0.504 e. The van der Waals surface area contributed by atoms with Crippen LogP contribution in [0, 0.1) is 6.92 Å². The molecular weight excluding hydrogens is 288 g/mol. The second-order valence-corrected chi connectivity index (χ2v) is 5.46. The molecule has 0 atom stereocenters. The molecule has 1 heterocycles. The number of phenols is 2. The number of aromatic nitrogens is 4. The van der Waals surface area contributed by atoms with E-state index in [4.69, 9.17) is 0 Å². The molecule has 2 aromatic carbocycles. The van der Waals surface area contributed by atoms with E-state index in [1.165, 1.54) is 17.8 Å². The van der Waals surface area contributed by atoms with Crippen molar-refractivity contribution in [2.45, 2.75) is 17.0 Å². The van der Waals surface area contributed by atoms with Gasteiger partial charge in [-0.2, -0.15) is 4.68 Å². The van der Waals surface area contributed by atoms with Crippen LogP contribution in [0.3, 0.4) is 0 Å². The topological polar surface area (TPSA) is 84.1 Å². The highest BCUT2D eigenvalue weighted by molar-refractivity contribution is 7.99. The third-order valence-electron chi connectivity index (χ3n) is 2.90. The number of hydrogen-bond acceptors (Lipinski definition) is 6. The van der Waals surface area contributed by atoms with Crippen LogP contribution in [0.1, 0.15) is 5.56 Å². The summed E-state index contributed by atoms with van der Waals surface area (Å²) in [4.78, 5) is 0.745. The Kier molecular flexibility index (Phi) is 3.49. The molecule has 21 heavy (non-hydrogen) atoms. The number of tetrazole rings is 1. The molecule has 0 aliphatic rings. The van der Waals surface area contributed by atoms with E-state index >= 15 is 0 Å². The Hall–Kier alpha value is -2.54. The van der Waals surface area contributed by atoms with Gasteiger partial charge in [0.05, 0.1) is 5.69 Å². The fourth-order valence-electron chi connectivity index (χ4n) is 1.87. The second-order valence-electron chi connectivity index (χ2n) is 4.42. The maximum atomic E-state index is 9.67. The summed E-state index contributed by atoms with van der Waals surface area (Å²) >= 11 is 1.31. The van der Waals surface area contributed by atoms with Crippen molar-refractivity contribution >= 4 is 11.8 Å². The van der Waals surface area contributed by atoms with Crippen molar-refractivity contribution in [3.05, 3.63) is 48.0 Å². The summed E-state index contributed by atoms with van der Waals surface area (Å²) < 4.78 is 1.61. The van der Waals surface area contributed by atoms with E-state index in [0.29, 0.717) is 10.7 Å². The zero-order valence-electron chi connectivity index (χ0n) is 11.1. The average molecular weight is 300 g/mol. The Morgan fingerprint density at radius 2 is 1.86 bits per heavy atom. The van der Waals surface area contributed by atoms with Crippen LogP contribution >= 0.6 is 11.8 Å². The maximum absolute atomic E-state index is 9.67. The number of phenolic OH excluding ortho intramolecular Hbond substituents is 2.